The largest absolute Gasteiger partial charge is 0.573 e. The summed E-state index contributed by atoms with van der Waals surface area (Å²) in [5, 5.41) is 11.6. The third-order valence-corrected chi connectivity index (χ3v) is 4.87. The number of anilines is 1. The highest BCUT2D eigenvalue weighted by atomic mass is 19.4. The third kappa shape index (κ3) is 6.18. The summed E-state index contributed by atoms with van der Waals surface area (Å²) in [5.74, 6) is -2.23. The highest BCUT2D eigenvalue weighted by Crippen LogP contribution is 2.36. The number of hydrogen-bond donors (Lipinski definition) is 2. The van der Waals surface area contributed by atoms with Gasteiger partial charge in [-0.05, 0) is 63.1 Å². The molecule has 1 saturated heterocycles. The number of amides is 2. The van der Waals surface area contributed by atoms with E-state index in [4.69, 9.17) is 9.84 Å². The first-order valence-corrected chi connectivity index (χ1v) is 10.3. The number of benzene rings is 2. The van der Waals surface area contributed by atoms with E-state index in [2.05, 4.69) is 10.1 Å². The van der Waals surface area contributed by atoms with Crippen molar-refractivity contribution in [2.75, 3.05) is 11.9 Å². The third-order valence-electron chi connectivity index (χ3n) is 4.87. The Labute approximate surface area is 193 Å². The highest BCUT2D eigenvalue weighted by molar-refractivity contribution is 5.98. The summed E-state index contributed by atoms with van der Waals surface area (Å²) in [6, 6.07) is 7.96. The zero-order valence-corrected chi connectivity index (χ0v) is 18.6. The van der Waals surface area contributed by atoms with Crippen LogP contribution in [-0.4, -0.2) is 52.5 Å². The van der Waals surface area contributed by atoms with Crippen LogP contribution < -0.4 is 10.1 Å². The van der Waals surface area contributed by atoms with Crippen LogP contribution in [0.5, 0.6) is 5.75 Å². The molecule has 0 saturated carbocycles. The number of alkyl halides is 3. The molecule has 1 heterocycles. The van der Waals surface area contributed by atoms with Gasteiger partial charge in [0.1, 0.15) is 17.4 Å². The summed E-state index contributed by atoms with van der Waals surface area (Å²) in [6.45, 7) is 5.45. The van der Waals surface area contributed by atoms with Gasteiger partial charge in [-0.25, -0.2) is 9.59 Å². The van der Waals surface area contributed by atoms with Gasteiger partial charge in [0.15, 0.2) is 0 Å². The summed E-state index contributed by atoms with van der Waals surface area (Å²) in [7, 11) is 0. The number of carboxylic acids is 1. The van der Waals surface area contributed by atoms with Gasteiger partial charge >= 0.3 is 18.4 Å². The number of carbonyl (C=O) groups excluding carboxylic acids is 2. The molecule has 1 aliphatic rings. The Morgan fingerprint density at radius 1 is 1.06 bits per heavy atom. The molecule has 1 aliphatic heterocycles. The molecule has 0 spiro atoms. The summed E-state index contributed by atoms with van der Waals surface area (Å²) in [5.41, 5.74) is -0.358. The van der Waals surface area contributed by atoms with Gasteiger partial charge < -0.3 is 19.9 Å². The Morgan fingerprint density at radius 3 is 2.21 bits per heavy atom. The van der Waals surface area contributed by atoms with Crippen LogP contribution in [0.2, 0.25) is 0 Å². The number of carboxylic acid groups (broad SMARTS) is 1. The first-order chi connectivity index (χ1) is 15.7. The number of aromatic carboxylic acids is 1. The number of nitrogens with zero attached hydrogens (tertiary/aromatic N) is 1. The maximum absolute atomic E-state index is 12.9. The van der Waals surface area contributed by atoms with Crippen LogP contribution in [0, 0.1) is 0 Å². The van der Waals surface area contributed by atoms with Crippen LogP contribution in [0.4, 0.5) is 23.7 Å². The number of likely N-dealkylation sites (tertiary alicyclic amines) is 1. The number of carbonyl (C=O) groups is 3. The van der Waals surface area contributed by atoms with Crippen molar-refractivity contribution in [2.45, 2.75) is 45.2 Å². The van der Waals surface area contributed by atoms with E-state index >= 15 is 0 Å². The molecule has 2 aromatic rings. The topological polar surface area (TPSA) is 105 Å². The lowest BCUT2D eigenvalue weighted by Crippen LogP contribution is -2.57. The lowest BCUT2D eigenvalue weighted by molar-refractivity contribution is -0.274. The molecule has 182 valence electrons. The smallest absolute Gasteiger partial charge is 0.478 e. The molecule has 1 atom stereocenters. The van der Waals surface area contributed by atoms with Crippen molar-refractivity contribution in [1.82, 2.24) is 4.90 Å². The Bertz CT molecular complexity index is 1090. The number of nitrogens with one attached hydrogen (secondary N) is 1. The zero-order chi connectivity index (χ0) is 25.3. The Hall–Kier alpha value is -3.76. The molecule has 0 radical (unpaired) electrons. The predicted octanol–water partition coefficient (Wildman–Crippen LogP) is 4.90. The molecule has 0 aliphatic carbocycles. The molecule has 2 amide bonds. The number of hydrogen-bond acceptors (Lipinski definition) is 5. The molecular weight excluding hydrogens is 457 g/mol. The minimum Gasteiger partial charge on any atom is -0.478 e. The van der Waals surface area contributed by atoms with E-state index in [0.717, 1.165) is 6.07 Å². The minimum atomic E-state index is -4.96. The van der Waals surface area contributed by atoms with Crippen LogP contribution in [-0.2, 0) is 9.53 Å². The van der Waals surface area contributed by atoms with Crippen molar-refractivity contribution in [2.24, 2.45) is 0 Å². The second-order valence-electron chi connectivity index (χ2n) is 8.61. The molecule has 3 rings (SSSR count). The fourth-order valence-electron chi connectivity index (χ4n) is 3.26. The van der Waals surface area contributed by atoms with Gasteiger partial charge in [-0.15, -0.1) is 13.2 Å². The van der Waals surface area contributed by atoms with E-state index < -0.39 is 41.7 Å². The zero-order valence-electron chi connectivity index (χ0n) is 18.6. The minimum absolute atomic E-state index is 0.00956. The predicted molar refractivity (Wildman–Crippen MR) is 115 cm³/mol. The number of ether oxygens (including phenoxy) is 2. The first-order valence-electron chi connectivity index (χ1n) is 10.3. The molecule has 2 N–H and O–H groups in total. The van der Waals surface area contributed by atoms with Crippen LogP contribution in [0.15, 0.2) is 42.5 Å². The molecule has 2 aromatic carbocycles. The second kappa shape index (κ2) is 9.24. The van der Waals surface area contributed by atoms with Gasteiger partial charge in [0.25, 0.3) is 0 Å². The standard InChI is InChI=1S/C23H23F3N2O6/c1-22(2,3)34-21(32)28-11-10-17(28)19(29)27-15-8-9-18(33-23(24,25)26)16(12-15)13-4-6-14(7-5-13)20(30)31/h4-9,12,17H,10-11H2,1-3H3,(H,27,29)(H,30,31)/t17-/m0/s1. The Balaban J connectivity index is 1.84. The SMILES string of the molecule is CC(C)(C)OC(=O)N1CC[C@H]1C(=O)Nc1ccc(OC(F)(F)F)c(-c2ccc(C(=O)O)cc2)c1. The van der Waals surface area contributed by atoms with Gasteiger partial charge in [0.05, 0.1) is 5.56 Å². The van der Waals surface area contributed by atoms with Gasteiger partial charge in [0.2, 0.25) is 5.91 Å². The molecule has 1 fully saturated rings. The highest BCUT2D eigenvalue weighted by Gasteiger charge is 2.40. The number of halogens is 3. The fourth-order valence-corrected chi connectivity index (χ4v) is 3.26. The van der Waals surface area contributed by atoms with Crippen molar-refractivity contribution < 1.29 is 42.1 Å². The van der Waals surface area contributed by atoms with E-state index in [1.165, 1.54) is 41.3 Å². The van der Waals surface area contributed by atoms with Crippen molar-refractivity contribution in [1.29, 1.82) is 0 Å². The van der Waals surface area contributed by atoms with E-state index in [9.17, 15) is 27.6 Å². The van der Waals surface area contributed by atoms with Gasteiger partial charge in [-0.2, -0.15) is 0 Å². The summed E-state index contributed by atoms with van der Waals surface area (Å²) in [6.07, 6.45) is -5.18. The Morgan fingerprint density at radius 2 is 1.71 bits per heavy atom. The van der Waals surface area contributed by atoms with Gasteiger partial charge in [-0.1, -0.05) is 12.1 Å². The van der Waals surface area contributed by atoms with Gasteiger partial charge in [-0.3, -0.25) is 9.69 Å². The van der Waals surface area contributed by atoms with Crippen LogP contribution in [0.3, 0.4) is 0 Å². The second-order valence-corrected chi connectivity index (χ2v) is 8.61. The van der Waals surface area contributed by atoms with E-state index in [1.54, 1.807) is 20.8 Å². The fraction of sp³-hybridized carbons (Fsp3) is 0.348. The lowest BCUT2D eigenvalue weighted by Gasteiger charge is -2.40. The molecule has 0 bridgehead atoms. The monoisotopic (exact) mass is 480 g/mol. The maximum atomic E-state index is 12.9. The van der Waals surface area contributed by atoms with Crippen LogP contribution in [0.1, 0.15) is 37.6 Å². The molecule has 0 aromatic heterocycles. The number of rotatable bonds is 5. The molecule has 11 heteroatoms. The van der Waals surface area contributed by atoms with Crippen molar-refractivity contribution in [3.05, 3.63) is 48.0 Å². The van der Waals surface area contributed by atoms with Crippen molar-refractivity contribution in [3.63, 3.8) is 0 Å². The summed E-state index contributed by atoms with van der Waals surface area (Å²) < 4.78 is 48.1. The average Bonchev–Trinajstić information content (AvgIpc) is 2.65. The van der Waals surface area contributed by atoms with E-state index in [1.807, 2.05) is 0 Å². The summed E-state index contributed by atoms with van der Waals surface area (Å²) in [4.78, 5) is 37.3. The molecule has 0 unspecified atom stereocenters. The maximum Gasteiger partial charge on any atom is 0.573 e. The van der Waals surface area contributed by atoms with Crippen LogP contribution >= 0.6 is 0 Å². The van der Waals surface area contributed by atoms with Gasteiger partial charge in [0, 0.05) is 17.8 Å². The summed E-state index contributed by atoms with van der Waals surface area (Å²) >= 11 is 0. The first kappa shape index (κ1) is 24.9. The quantitative estimate of drug-likeness (QED) is 0.631. The van der Waals surface area contributed by atoms with Crippen molar-refractivity contribution >= 4 is 23.7 Å². The normalized spacial score (nSPS) is 15.8. The molecule has 8 nitrogen and oxygen atoms in total. The average molecular weight is 480 g/mol. The van der Waals surface area contributed by atoms with Crippen LogP contribution in [0.25, 0.3) is 11.1 Å². The molecular formula is C23H23F3N2O6. The van der Waals surface area contributed by atoms with E-state index in [0.29, 0.717) is 13.0 Å². The van der Waals surface area contributed by atoms with E-state index in [-0.39, 0.29) is 22.4 Å². The van der Waals surface area contributed by atoms with Crippen molar-refractivity contribution in [3.8, 4) is 16.9 Å². The molecule has 34 heavy (non-hydrogen) atoms. The Kier molecular flexibility index (Phi) is 6.76. The lowest BCUT2D eigenvalue weighted by atomic mass is 10.0.